The van der Waals surface area contributed by atoms with Crippen LogP contribution in [-0.4, -0.2) is 61.3 Å². The fourth-order valence-corrected chi connectivity index (χ4v) is 5.14. The SMILES string of the molecule is O=C(O)c1ccc2nc(CN3CC=C(c4nccc(NCc5ccc(Cl)cc5F)n4)CC3)n(CC3CCO3)c2c1. The lowest BCUT2D eigenvalue weighted by molar-refractivity contribution is -0.0591. The number of fused-ring (bicyclic) bond motifs is 1. The number of ether oxygens (including phenoxy) is 1. The highest BCUT2D eigenvalue weighted by atomic mass is 35.5. The van der Waals surface area contributed by atoms with Crippen LogP contribution in [0.2, 0.25) is 5.02 Å². The van der Waals surface area contributed by atoms with Crippen LogP contribution in [0.15, 0.2) is 54.7 Å². The molecule has 2 aromatic heterocycles. The molecule has 4 heterocycles. The van der Waals surface area contributed by atoms with Crippen LogP contribution in [0.3, 0.4) is 0 Å². The van der Waals surface area contributed by atoms with E-state index < -0.39 is 5.97 Å². The lowest BCUT2D eigenvalue weighted by atomic mass is 10.1. The van der Waals surface area contributed by atoms with Gasteiger partial charge in [-0.1, -0.05) is 23.7 Å². The van der Waals surface area contributed by atoms with Crippen LogP contribution in [0.4, 0.5) is 10.2 Å². The van der Waals surface area contributed by atoms with Crippen LogP contribution in [-0.2, 0) is 24.4 Å². The summed E-state index contributed by atoms with van der Waals surface area (Å²) in [6.07, 6.45) is 5.70. The van der Waals surface area contributed by atoms with Crippen molar-refractivity contribution in [3.63, 3.8) is 0 Å². The zero-order chi connectivity index (χ0) is 27.6. The number of carbonyl (C=O) groups is 1. The Morgan fingerprint density at radius 1 is 1.20 bits per heavy atom. The Balaban J connectivity index is 1.15. The number of hydrogen-bond donors (Lipinski definition) is 2. The van der Waals surface area contributed by atoms with Crippen molar-refractivity contribution in [2.45, 2.75) is 38.6 Å². The molecule has 40 heavy (non-hydrogen) atoms. The number of nitrogens with one attached hydrogen (secondary N) is 1. The molecule has 1 saturated heterocycles. The first kappa shape index (κ1) is 26.4. The van der Waals surface area contributed by atoms with Crippen molar-refractivity contribution < 1.29 is 19.0 Å². The number of imidazole rings is 1. The van der Waals surface area contributed by atoms with Crippen molar-refractivity contribution in [1.29, 1.82) is 0 Å². The zero-order valence-corrected chi connectivity index (χ0v) is 22.4. The Labute approximate surface area is 235 Å². The molecule has 1 fully saturated rings. The highest BCUT2D eigenvalue weighted by molar-refractivity contribution is 6.30. The number of hydrogen-bond acceptors (Lipinski definition) is 7. The third kappa shape index (κ3) is 5.70. The van der Waals surface area contributed by atoms with Gasteiger partial charge in [-0.05, 0) is 54.8 Å². The molecule has 0 aliphatic carbocycles. The van der Waals surface area contributed by atoms with Crippen molar-refractivity contribution in [1.82, 2.24) is 24.4 Å². The predicted molar refractivity (Wildman–Crippen MR) is 150 cm³/mol. The van der Waals surface area contributed by atoms with E-state index in [4.69, 9.17) is 21.3 Å². The second kappa shape index (κ2) is 11.3. The second-order valence-corrected chi connectivity index (χ2v) is 10.4. The summed E-state index contributed by atoms with van der Waals surface area (Å²) in [6.45, 7) is 3.82. The second-order valence-electron chi connectivity index (χ2n) is 10.00. The molecule has 0 spiro atoms. The summed E-state index contributed by atoms with van der Waals surface area (Å²) >= 11 is 5.85. The normalized spacial score (nSPS) is 17.4. The maximum Gasteiger partial charge on any atom is 0.335 e. The van der Waals surface area contributed by atoms with Crippen LogP contribution < -0.4 is 5.32 Å². The summed E-state index contributed by atoms with van der Waals surface area (Å²) in [4.78, 5) is 27.8. The van der Waals surface area contributed by atoms with Gasteiger partial charge in [0, 0.05) is 43.0 Å². The van der Waals surface area contributed by atoms with E-state index in [1.807, 2.05) is 0 Å². The standard InChI is InChI=1S/C29H28ClFN6O3/c30-21-3-1-20(23(31)14-21)15-33-26-5-9-32-28(35-26)18-6-10-36(11-7-18)17-27-34-24-4-2-19(29(38)39)13-25(24)37(27)16-22-8-12-40-22/h1-6,9,13-14,22H,7-8,10-12,15-17H2,(H,38,39)(H,32,33,35). The van der Waals surface area contributed by atoms with Gasteiger partial charge in [-0.3, -0.25) is 4.90 Å². The van der Waals surface area contributed by atoms with Crippen LogP contribution in [0.1, 0.15) is 40.4 Å². The maximum atomic E-state index is 14.1. The van der Waals surface area contributed by atoms with E-state index in [0.717, 1.165) is 48.4 Å². The van der Waals surface area contributed by atoms with Crippen LogP contribution in [0.5, 0.6) is 0 Å². The number of carboxylic acid groups (broad SMARTS) is 1. The molecule has 1 atom stereocenters. The molecule has 2 N–H and O–H groups in total. The minimum absolute atomic E-state index is 0.117. The third-order valence-electron chi connectivity index (χ3n) is 7.33. The van der Waals surface area contributed by atoms with E-state index in [2.05, 4.69) is 30.8 Å². The summed E-state index contributed by atoms with van der Waals surface area (Å²) in [5, 5.41) is 13.0. The predicted octanol–water partition coefficient (Wildman–Crippen LogP) is 5.01. The molecule has 0 bridgehead atoms. The smallest absolute Gasteiger partial charge is 0.335 e. The molecule has 0 radical (unpaired) electrons. The van der Waals surface area contributed by atoms with Gasteiger partial charge in [-0.25, -0.2) is 24.1 Å². The number of aromatic nitrogens is 4. The third-order valence-corrected chi connectivity index (χ3v) is 7.57. The number of nitrogens with zero attached hydrogens (tertiary/aromatic N) is 5. The molecule has 11 heteroatoms. The Morgan fingerprint density at radius 3 is 2.80 bits per heavy atom. The van der Waals surface area contributed by atoms with Crippen LogP contribution in [0.25, 0.3) is 16.6 Å². The Hall–Kier alpha value is -3.86. The number of aromatic carboxylic acids is 1. The van der Waals surface area contributed by atoms with Crippen molar-refractivity contribution in [2.24, 2.45) is 0 Å². The molecule has 2 aliphatic rings. The monoisotopic (exact) mass is 562 g/mol. The van der Waals surface area contributed by atoms with E-state index in [9.17, 15) is 14.3 Å². The van der Waals surface area contributed by atoms with Gasteiger partial charge < -0.3 is 19.7 Å². The van der Waals surface area contributed by atoms with Crippen LogP contribution in [0, 0.1) is 5.82 Å². The number of halogens is 2. The molecule has 1 unspecified atom stereocenters. The molecule has 9 nitrogen and oxygen atoms in total. The maximum absolute atomic E-state index is 14.1. The molecule has 0 saturated carbocycles. The van der Waals surface area contributed by atoms with Crippen LogP contribution >= 0.6 is 11.6 Å². The van der Waals surface area contributed by atoms with E-state index in [1.165, 1.54) is 6.07 Å². The molecule has 2 aromatic carbocycles. The van der Waals surface area contributed by atoms with Crippen molar-refractivity contribution in [2.75, 3.05) is 25.0 Å². The molecule has 0 amide bonds. The van der Waals surface area contributed by atoms with Crippen molar-refractivity contribution in [3.8, 4) is 0 Å². The lowest BCUT2D eigenvalue weighted by Gasteiger charge is -2.29. The first-order chi connectivity index (χ1) is 19.4. The van der Waals surface area contributed by atoms with Gasteiger partial charge >= 0.3 is 5.97 Å². The first-order valence-electron chi connectivity index (χ1n) is 13.2. The quantitative estimate of drug-likeness (QED) is 0.293. The fourth-order valence-electron chi connectivity index (χ4n) is 4.98. The van der Waals surface area contributed by atoms with Gasteiger partial charge in [0.15, 0.2) is 5.82 Å². The van der Waals surface area contributed by atoms with E-state index in [-0.39, 0.29) is 24.0 Å². The average Bonchev–Trinajstić information content (AvgIpc) is 3.26. The largest absolute Gasteiger partial charge is 0.478 e. The molecule has 206 valence electrons. The Bertz CT molecular complexity index is 1600. The Morgan fingerprint density at radius 2 is 2.08 bits per heavy atom. The van der Waals surface area contributed by atoms with E-state index in [1.54, 1.807) is 42.6 Å². The average molecular weight is 563 g/mol. The molecular weight excluding hydrogens is 535 g/mol. The summed E-state index contributed by atoms with van der Waals surface area (Å²) in [5.41, 5.74) is 3.40. The van der Waals surface area contributed by atoms with Gasteiger partial charge in [0.2, 0.25) is 0 Å². The number of anilines is 1. The summed E-state index contributed by atoms with van der Waals surface area (Å²) in [7, 11) is 0. The molecule has 2 aliphatic heterocycles. The van der Waals surface area contributed by atoms with E-state index in [0.29, 0.717) is 41.9 Å². The first-order valence-corrected chi connectivity index (χ1v) is 13.6. The van der Waals surface area contributed by atoms with Crippen molar-refractivity contribution in [3.05, 3.63) is 88.4 Å². The molecule has 4 aromatic rings. The van der Waals surface area contributed by atoms with Crippen molar-refractivity contribution >= 4 is 40.0 Å². The lowest BCUT2D eigenvalue weighted by Crippen LogP contribution is -2.33. The van der Waals surface area contributed by atoms with Gasteiger partial charge in [0.1, 0.15) is 17.5 Å². The summed E-state index contributed by atoms with van der Waals surface area (Å²) in [6, 6.07) is 11.4. The zero-order valence-electron chi connectivity index (χ0n) is 21.7. The molecular formula is C29H28ClFN6O3. The van der Waals surface area contributed by atoms with E-state index >= 15 is 0 Å². The minimum Gasteiger partial charge on any atom is -0.478 e. The highest BCUT2D eigenvalue weighted by Gasteiger charge is 2.24. The van der Waals surface area contributed by atoms with Gasteiger partial charge in [-0.15, -0.1) is 0 Å². The summed E-state index contributed by atoms with van der Waals surface area (Å²) < 4.78 is 21.9. The number of benzene rings is 2. The number of rotatable bonds is 9. The highest BCUT2D eigenvalue weighted by Crippen LogP contribution is 2.26. The fraction of sp³-hybridized carbons (Fsp3) is 0.310. The van der Waals surface area contributed by atoms with Gasteiger partial charge in [0.05, 0.1) is 35.8 Å². The summed E-state index contributed by atoms with van der Waals surface area (Å²) in [5.74, 6) is 0.845. The molecule has 6 rings (SSSR count). The van der Waals surface area contributed by atoms with Gasteiger partial charge in [-0.2, -0.15) is 0 Å². The topological polar surface area (TPSA) is 105 Å². The number of carboxylic acids is 1. The minimum atomic E-state index is -0.955. The van der Waals surface area contributed by atoms with Gasteiger partial charge in [0.25, 0.3) is 0 Å². The Kier molecular flexibility index (Phi) is 7.46.